The lowest BCUT2D eigenvalue weighted by Gasteiger charge is -2.05. The molecule has 0 radical (unpaired) electrons. The van der Waals surface area contributed by atoms with E-state index in [1.807, 2.05) is 0 Å². The van der Waals surface area contributed by atoms with Crippen LogP contribution in [0.4, 0.5) is 0 Å². The molecule has 0 aromatic carbocycles. The van der Waals surface area contributed by atoms with Crippen LogP contribution in [-0.4, -0.2) is 25.2 Å². The fraction of sp³-hybridized carbons (Fsp3) is 0.833. The van der Waals surface area contributed by atoms with Crippen LogP contribution in [0.1, 0.15) is 105 Å². The Morgan fingerprint density at radius 2 is 0.893 bits per heavy atom. The first-order valence-corrected chi connectivity index (χ1v) is 11.4. The number of rotatable bonds is 18. The van der Waals surface area contributed by atoms with Crippen LogP contribution in [0.5, 0.6) is 0 Å². The van der Waals surface area contributed by atoms with Gasteiger partial charge in [-0.25, -0.2) is 9.59 Å². The van der Waals surface area contributed by atoms with E-state index in [2.05, 4.69) is 27.7 Å². The van der Waals surface area contributed by atoms with Crippen LogP contribution in [0.25, 0.3) is 0 Å². The van der Waals surface area contributed by atoms with Crippen molar-refractivity contribution in [3.05, 3.63) is 12.2 Å². The van der Waals surface area contributed by atoms with Crippen molar-refractivity contribution in [2.45, 2.75) is 105 Å². The number of carbonyl (C=O) groups excluding carboxylic acids is 2. The Labute approximate surface area is 173 Å². The molecular weight excluding hydrogens is 352 g/mol. The van der Waals surface area contributed by atoms with Gasteiger partial charge in [0.2, 0.25) is 0 Å². The number of ether oxygens (including phenoxy) is 2. The first-order valence-electron chi connectivity index (χ1n) is 11.4. The lowest BCUT2D eigenvalue weighted by atomic mass is 10.0. The molecule has 4 nitrogen and oxygen atoms in total. The number of hydrogen-bond acceptors (Lipinski definition) is 4. The van der Waals surface area contributed by atoms with Crippen molar-refractivity contribution in [1.82, 2.24) is 0 Å². The average molecular weight is 397 g/mol. The molecule has 0 saturated carbocycles. The van der Waals surface area contributed by atoms with Gasteiger partial charge in [-0.15, -0.1) is 0 Å². The average Bonchev–Trinajstić information content (AvgIpc) is 2.63. The molecule has 0 atom stereocenters. The Morgan fingerprint density at radius 3 is 1.25 bits per heavy atom. The highest BCUT2D eigenvalue weighted by atomic mass is 16.5. The summed E-state index contributed by atoms with van der Waals surface area (Å²) >= 11 is 0. The molecule has 0 unspecified atom stereocenters. The summed E-state index contributed by atoms with van der Waals surface area (Å²) in [6, 6.07) is 0. The van der Waals surface area contributed by atoms with Crippen LogP contribution in [0.2, 0.25) is 0 Å². The second-order valence-electron chi connectivity index (χ2n) is 8.57. The quantitative estimate of drug-likeness (QED) is 0.148. The number of hydrogen-bond donors (Lipinski definition) is 0. The van der Waals surface area contributed by atoms with Crippen molar-refractivity contribution in [3.8, 4) is 0 Å². The molecule has 0 amide bonds. The molecule has 0 bridgehead atoms. The minimum absolute atomic E-state index is 0.416. The molecule has 0 spiro atoms. The molecule has 0 aromatic heterocycles. The van der Waals surface area contributed by atoms with Crippen LogP contribution in [0.15, 0.2) is 12.2 Å². The van der Waals surface area contributed by atoms with Gasteiger partial charge in [0.1, 0.15) is 0 Å². The van der Waals surface area contributed by atoms with E-state index in [9.17, 15) is 9.59 Å². The molecular formula is C24H44O4. The van der Waals surface area contributed by atoms with Crippen molar-refractivity contribution in [2.75, 3.05) is 13.2 Å². The fourth-order valence-corrected chi connectivity index (χ4v) is 2.95. The SMILES string of the molecule is CC(C)CCCCCCCOC(=O)/C=C\C(=O)OCCCCCCCC(C)C. The maximum absolute atomic E-state index is 11.6. The van der Waals surface area contributed by atoms with Gasteiger partial charge in [-0.3, -0.25) is 0 Å². The summed E-state index contributed by atoms with van der Waals surface area (Å²) in [7, 11) is 0. The second kappa shape index (κ2) is 19.0. The van der Waals surface area contributed by atoms with E-state index in [1.54, 1.807) is 0 Å². The Kier molecular flexibility index (Phi) is 18.1. The third-order valence-electron chi connectivity index (χ3n) is 4.70. The highest BCUT2D eigenvalue weighted by molar-refractivity contribution is 5.91. The first-order chi connectivity index (χ1) is 13.4. The zero-order chi connectivity index (χ0) is 21.0. The Hall–Kier alpha value is -1.32. The Morgan fingerprint density at radius 1 is 0.571 bits per heavy atom. The molecule has 28 heavy (non-hydrogen) atoms. The highest BCUT2D eigenvalue weighted by Crippen LogP contribution is 2.11. The van der Waals surface area contributed by atoms with E-state index in [4.69, 9.17) is 9.47 Å². The summed E-state index contributed by atoms with van der Waals surface area (Å²) in [6.45, 7) is 9.83. The van der Waals surface area contributed by atoms with Gasteiger partial charge >= 0.3 is 11.9 Å². The third kappa shape index (κ3) is 21.0. The van der Waals surface area contributed by atoms with Crippen molar-refractivity contribution >= 4 is 11.9 Å². The largest absolute Gasteiger partial charge is 0.463 e. The summed E-state index contributed by atoms with van der Waals surface area (Å²) in [4.78, 5) is 23.1. The molecule has 164 valence electrons. The summed E-state index contributed by atoms with van der Waals surface area (Å²) in [5, 5.41) is 0. The van der Waals surface area contributed by atoms with Crippen molar-refractivity contribution in [3.63, 3.8) is 0 Å². The lowest BCUT2D eigenvalue weighted by Crippen LogP contribution is -2.06. The van der Waals surface area contributed by atoms with Gasteiger partial charge in [0.05, 0.1) is 13.2 Å². The normalized spacial score (nSPS) is 11.5. The van der Waals surface area contributed by atoms with E-state index in [0.717, 1.165) is 49.7 Å². The fourth-order valence-electron chi connectivity index (χ4n) is 2.95. The van der Waals surface area contributed by atoms with Gasteiger partial charge in [-0.05, 0) is 24.7 Å². The van der Waals surface area contributed by atoms with Gasteiger partial charge in [0.25, 0.3) is 0 Å². The van der Waals surface area contributed by atoms with E-state index in [-0.39, 0.29) is 0 Å². The summed E-state index contributed by atoms with van der Waals surface area (Å²) in [6.07, 6.45) is 16.2. The minimum atomic E-state index is -0.470. The minimum Gasteiger partial charge on any atom is -0.463 e. The smallest absolute Gasteiger partial charge is 0.331 e. The maximum atomic E-state index is 11.6. The number of carbonyl (C=O) groups is 2. The predicted octanol–water partition coefficient (Wildman–Crippen LogP) is 6.62. The van der Waals surface area contributed by atoms with Gasteiger partial charge < -0.3 is 9.47 Å². The summed E-state index contributed by atoms with van der Waals surface area (Å²) in [5.74, 6) is 0.613. The van der Waals surface area contributed by atoms with Gasteiger partial charge in [0, 0.05) is 12.2 Å². The number of esters is 2. The molecule has 0 fully saturated rings. The Balaban J connectivity index is 3.48. The first kappa shape index (κ1) is 26.7. The zero-order valence-electron chi connectivity index (χ0n) is 18.8. The molecule has 0 saturated heterocycles. The van der Waals surface area contributed by atoms with Gasteiger partial charge in [-0.1, -0.05) is 91.9 Å². The van der Waals surface area contributed by atoms with Crippen LogP contribution in [0, 0.1) is 11.8 Å². The van der Waals surface area contributed by atoms with Crippen LogP contribution < -0.4 is 0 Å². The summed E-state index contributed by atoms with van der Waals surface area (Å²) < 4.78 is 10.2. The van der Waals surface area contributed by atoms with Crippen LogP contribution >= 0.6 is 0 Å². The van der Waals surface area contributed by atoms with Crippen molar-refractivity contribution in [1.29, 1.82) is 0 Å². The molecule has 0 N–H and O–H groups in total. The van der Waals surface area contributed by atoms with E-state index in [1.165, 1.54) is 51.4 Å². The lowest BCUT2D eigenvalue weighted by molar-refractivity contribution is -0.140. The molecule has 0 heterocycles. The zero-order valence-corrected chi connectivity index (χ0v) is 18.8. The third-order valence-corrected chi connectivity index (χ3v) is 4.70. The second-order valence-corrected chi connectivity index (χ2v) is 8.57. The highest BCUT2D eigenvalue weighted by Gasteiger charge is 2.02. The van der Waals surface area contributed by atoms with Crippen molar-refractivity contribution in [2.24, 2.45) is 11.8 Å². The van der Waals surface area contributed by atoms with Gasteiger partial charge in [-0.2, -0.15) is 0 Å². The van der Waals surface area contributed by atoms with E-state index < -0.39 is 11.9 Å². The molecule has 0 aliphatic heterocycles. The standard InChI is InChI=1S/C24H44O4/c1-21(2)15-11-7-5-9-13-19-27-23(25)17-18-24(26)28-20-14-10-6-8-12-16-22(3)4/h17-18,21-22H,5-16,19-20H2,1-4H3/b18-17-. The summed E-state index contributed by atoms with van der Waals surface area (Å²) in [5.41, 5.74) is 0. The van der Waals surface area contributed by atoms with Crippen LogP contribution in [-0.2, 0) is 19.1 Å². The van der Waals surface area contributed by atoms with E-state index >= 15 is 0 Å². The Bertz CT molecular complexity index is 375. The monoisotopic (exact) mass is 396 g/mol. The van der Waals surface area contributed by atoms with Crippen LogP contribution in [0.3, 0.4) is 0 Å². The van der Waals surface area contributed by atoms with E-state index in [0.29, 0.717) is 13.2 Å². The molecule has 0 aliphatic carbocycles. The molecule has 4 heteroatoms. The molecule has 0 aliphatic rings. The maximum Gasteiger partial charge on any atom is 0.331 e. The van der Waals surface area contributed by atoms with Crippen molar-refractivity contribution < 1.29 is 19.1 Å². The topological polar surface area (TPSA) is 52.6 Å². The number of unbranched alkanes of at least 4 members (excludes halogenated alkanes) is 8. The van der Waals surface area contributed by atoms with Gasteiger partial charge in [0.15, 0.2) is 0 Å². The molecule has 0 aromatic rings. The molecule has 0 rings (SSSR count). The predicted molar refractivity (Wildman–Crippen MR) is 116 cm³/mol.